The molecule has 1 saturated carbocycles. The lowest BCUT2D eigenvalue weighted by Gasteiger charge is -2.28. The van der Waals surface area contributed by atoms with Crippen LogP contribution < -0.4 is 0 Å². The smallest absolute Gasteiger partial charge is 0.0359 e. The third-order valence-corrected chi connectivity index (χ3v) is 7.47. The van der Waals surface area contributed by atoms with Crippen LogP contribution in [0.5, 0.6) is 0 Å². The second-order valence-electron chi connectivity index (χ2n) is 9.10. The summed E-state index contributed by atoms with van der Waals surface area (Å²) in [6, 6.07) is 28.9. The van der Waals surface area contributed by atoms with Crippen LogP contribution in [0.1, 0.15) is 71.8 Å². The molecule has 0 aliphatic heterocycles. The van der Waals surface area contributed by atoms with E-state index in [1.807, 2.05) is 0 Å². The third kappa shape index (κ3) is 2.87. The predicted octanol–water partition coefficient (Wildman–Crippen LogP) is 8.05. The van der Waals surface area contributed by atoms with Gasteiger partial charge in [-0.05, 0) is 69.0 Å². The monoisotopic (exact) mass is 401 g/mol. The van der Waals surface area contributed by atoms with Gasteiger partial charge in [0.15, 0.2) is 0 Å². The van der Waals surface area contributed by atoms with Crippen molar-refractivity contribution in [3.63, 3.8) is 0 Å². The van der Waals surface area contributed by atoms with Crippen molar-refractivity contribution in [3.8, 4) is 11.1 Å². The molecule has 0 bridgehead atoms. The van der Waals surface area contributed by atoms with E-state index in [1.165, 1.54) is 76.3 Å². The Labute approximate surface area is 184 Å². The molecular weight excluding hydrogens is 374 g/mol. The molecule has 0 heterocycles. The second-order valence-corrected chi connectivity index (χ2v) is 9.10. The van der Waals surface area contributed by atoms with Crippen LogP contribution >= 0.6 is 0 Å². The minimum absolute atomic E-state index is 0.191. The van der Waals surface area contributed by atoms with E-state index in [0.29, 0.717) is 5.92 Å². The van der Waals surface area contributed by atoms with E-state index in [2.05, 4.69) is 78.9 Å². The Hall–Kier alpha value is -3.19. The predicted molar refractivity (Wildman–Crippen MR) is 130 cm³/mol. The molecular formula is C30H27N. The van der Waals surface area contributed by atoms with Crippen molar-refractivity contribution in [2.45, 2.75) is 43.9 Å². The van der Waals surface area contributed by atoms with Gasteiger partial charge in [0.1, 0.15) is 0 Å². The molecule has 2 aliphatic carbocycles. The molecule has 1 nitrogen and oxygen atoms in total. The van der Waals surface area contributed by atoms with Crippen LogP contribution in [-0.4, -0.2) is 6.21 Å². The molecule has 0 aromatic heterocycles. The highest BCUT2D eigenvalue weighted by atomic mass is 14.4. The average Bonchev–Trinajstić information content (AvgIpc) is 3.17. The van der Waals surface area contributed by atoms with Crippen LogP contribution in [-0.2, 0) is 0 Å². The van der Waals surface area contributed by atoms with E-state index in [0.717, 1.165) is 5.56 Å². The van der Waals surface area contributed by atoms with Crippen molar-refractivity contribution in [3.05, 3.63) is 107 Å². The topological polar surface area (TPSA) is 23.9 Å². The van der Waals surface area contributed by atoms with E-state index in [-0.39, 0.29) is 5.92 Å². The summed E-state index contributed by atoms with van der Waals surface area (Å²) in [5, 5.41) is 11.2. The minimum atomic E-state index is 0.191. The van der Waals surface area contributed by atoms with Crippen molar-refractivity contribution in [1.82, 2.24) is 0 Å². The average molecular weight is 402 g/mol. The summed E-state index contributed by atoms with van der Waals surface area (Å²) >= 11 is 0. The lowest BCUT2D eigenvalue weighted by atomic mass is 9.76. The number of hydrogen-bond donors (Lipinski definition) is 1. The van der Waals surface area contributed by atoms with Crippen molar-refractivity contribution in [2.24, 2.45) is 0 Å². The number of benzene rings is 4. The Kier molecular flexibility index (Phi) is 4.49. The third-order valence-electron chi connectivity index (χ3n) is 7.47. The Balaban J connectivity index is 1.67. The van der Waals surface area contributed by atoms with Crippen LogP contribution in [0.3, 0.4) is 0 Å². The fraction of sp³-hybridized carbons (Fsp3) is 0.233. The fourth-order valence-corrected chi connectivity index (χ4v) is 6.14. The Morgan fingerprint density at radius 1 is 0.677 bits per heavy atom. The summed E-state index contributed by atoms with van der Waals surface area (Å²) in [5.41, 5.74) is 9.30. The molecule has 0 atom stereocenters. The number of rotatable bonds is 3. The summed E-state index contributed by atoms with van der Waals surface area (Å²) in [4.78, 5) is 0. The lowest BCUT2D eigenvalue weighted by molar-refractivity contribution is 0.445. The number of hydrogen-bond acceptors (Lipinski definition) is 1. The molecule has 0 radical (unpaired) electrons. The first-order chi connectivity index (χ1) is 15.4. The first kappa shape index (κ1) is 18.6. The van der Waals surface area contributed by atoms with Crippen LogP contribution in [0.15, 0.2) is 78.9 Å². The number of fused-ring (bicyclic) bond motifs is 4. The highest BCUT2D eigenvalue weighted by Crippen LogP contribution is 2.50. The molecule has 1 heteroatoms. The molecule has 6 rings (SSSR count). The molecule has 4 aromatic carbocycles. The highest BCUT2D eigenvalue weighted by Gasteiger charge is 2.32. The van der Waals surface area contributed by atoms with Gasteiger partial charge in [0.2, 0.25) is 0 Å². The zero-order valence-corrected chi connectivity index (χ0v) is 17.8. The van der Waals surface area contributed by atoms with Gasteiger partial charge in [0, 0.05) is 17.7 Å². The van der Waals surface area contributed by atoms with E-state index in [9.17, 15) is 0 Å². The van der Waals surface area contributed by atoms with E-state index < -0.39 is 0 Å². The molecule has 152 valence electrons. The molecule has 0 unspecified atom stereocenters. The van der Waals surface area contributed by atoms with Crippen molar-refractivity contribution < 1.29 is 0 Å². The molecule has 0 spiro atoms. The van der Waals surface area contributed by atoms with Gasteiger partial charge in [-0.1, -0.05) is 92.1 Å². The van der Waals surface area contributed by atoms with Crippen molar-refractivity contribution in [1.29, 1.82) is 5.41 Å². The Bertz CT molecular complexity index is 1250. The molecule has 1 fully saturated rings. The zero-order valence-electron chi connectivity index (χ0n) is 17.8. The van der Waals surface area contributed by atoms with E-state index in [4.69, 9.17) is 5.41 Å². The van der Waals surface area contributed by atoms with E-state index >= 15 is 0 Å². The van der Waals surface area contributed by atoms with Gasteiger partial charge in [-0.15, -0.1) is 0 Å². The maximum atomic E-state index is 8.53. The van der Waals surface area contributed by atoms with Gasteiger partial charge in [-0.3, -0.25) is 0 Å². The molecule has 0 saturated heterocycles. The Morgan fingerprint density at radius 3 is 1.97 bits per heavy atom. The van der Waals surface area contributed by atoms with Gasteiger partial charge in [-0.25, -0.2) is 0 Å². The molecule has 1 N–H and O–H groups in total. The normalized spacial score (nSPS) is 16.3. The van der Waals surface area contributed by atoms with Gasteiger partial charge in [-0.2, -0.15) is 0 Å². The summed E-state index contributed by atoms with van der Waals surface area (Å²) in [6.07, 6.45) is 8.08. The minimum Gasteiger partial charge on any atom is -0.308 e. The quantitative estimate of drug-likeness (QED) is 0.296. The summed E-state index contributed by atoms with van der Waals surface area (Å²) in [7, 11) is 0. The molecule has 2 aliphatic rings. The van der Waals surface area contributed by atoms with Gasteiger partial charge in [0.25, 0.3) is 0 Å². The maximum Gasteiger partial charge on any atom is 0.0359 e. The summed E-state index contributed by atoms with van der Waals surface area (Å²) in [5.74, 6) is 0.748. The van der Waals surface area contributed by atoms with Crippen molar-refractivity contribution in [2.75, 3.05) is 0 Å². The van der Waals surface area contributed by atoms with Gasteiger partial charge < -0.3 is 5.41 Å². The van der Waals surface area contributed by atoms with Gasteiger partial charge >= 0.3 is 0 Å². The van der Waals surface area contributed by atoms with Crippen LogP contribution in [0.4, 0.5) is 0 Å². The fourth-order valence-electron chi connectivity index (χ4n) is 6.14. The maximum absolute atomic E-state index is 8.53. The number of nitrogens with one attached hydrogen (secondary N) is 1. The largest absolute Gasteiger partial charge is 0.308 e. The van der Waals surface area contributed by atoms with Crippen LogP contribution in [0.25, 0.3) is 21.9 Å². The standard InChI is InChI=1S/C30H27N/c31-19-28-27(30-25-16-8-6-14-23(25)24-15-7-9-17-26(24)30)18-21-12-4-5-13-22(21)29(28)20-10-2-1-3-11-20/h4-9,12-20,30-31H,1-3,10-11H2. The molecule has 4 aromatic rings. The van der Waals surface area contributed by atoms with Crippen LogP contribution in [0, 0.1) is 5.41 Å². The first-order valence-electron chi connectivity index (χ1n) is 11.6. The Morgan fingerprint density at radius 2 is 1.29 bits per heavy atom. The lowest BCUT2D eigenvalue weighted by Crippen LogP contribution is -2.12. The van der Waals surface area contributed by atoms with E-state index in [1.54, 1.807) is 6.21 Å². The van der Waals surface area contributed by atoms with Crippen LogP contribution in [0.2, 0.25) is 0 Å². The summed E-state index contributed by atoms with van der Waals surface area (Å²) in [6.45, 7) is 0. The van der Waals surface area contributed by atoms with Crippen molar-refractivity contribution >= 4 is 17.0 Å². The SMILES string of the molecule is N=Cc1c(C2c3ccccc3-c3ccccc32)cc2ccccc2c1C1CCCCC1. The first-order valence-corrected chi connectivity index (χ1v) is 11.6. The molecule has 0 amide bonds. The van der Waals surface area contributed by atoms with Gasteiger partial charge in [0.05, 0.1) is 0 Å². The zero-order chi connectivity index (χ0) is 20.8. The second kappa shape index (κ2) is 7.50. The molecule has 31 heavy (non-hydrogen) atoms. The summed E-state index contributed by atoms with van der Waals surface area (Å²) < 4.78 is 0. The highest BCUT2D eigenvalue weighted by molar-refractivity contribution is 5.97.